The van der Waals surface area contributed by atoms with Crippen LogP contribution in [0.2, 0.25) is 0 Å². The minimum atomic E-state index is -0.532. The third-order valence-electron chi connectivity index (χ3n) is 3.19. The molecule has 0 saturated carbocycles. The molecule has 0 aliphatic heterocycles. The van der Waals surface area contributed by atoms with Crippen molar-refractivity contribution >= 4 is 34.9 Å². The van der Waals surface area contributed by atoms with E-state index in [4.69, 9.17) is 9.47 Å². The quantitative estimate of drug-likeness (QED) is 0.575. The molecule has 0 spiro atoms. The van der Waals surface area contributed by atoms with Crippen molar-refractivity contribution < 1.29 is 23.9 Å². The van der Waals surface area contributed by atoms with Gasteiger partial charge in [-0.2, -0.15) is 0 Å². The van der Waals surface area contributed by atoms with Gasteiger partial charge in [0.15, 0.2) is 6.61 Å². The van der Waals surface area contributed by atoms with Crippen LogP contribution in [0.1, 0.15) is 39.8 Å². The molecule has 0 bridgehead atoms. The molecule has 25 heavy (non-hydrogen) atoms. The fourth-order valence-electron chi connectivity index (χ4n) is 1.88. The Morgan fingerprint density at radius 2 is 1.80 bits per heavy atom. The van der Waals surface area contributed by atoms with E-state index in [0.29, 0.717) is 22.7 Å². The molecular formula is C18H19NO5S. The van der Waals surface area contributed by atoms with Crippen LogP contribution in [0.15, 0.2) is 41.8 Å². The summed E-state index contributed by atoms with van der Waals surface area (Å²) in [6, 6.07) is 9.69. The van der Waals surface area contributed by atoms with Crippen molar-refractivity contribution in [1.82, 2.24) is 0 Å². The molecule has 0 atom stereocenters. The van der Waals surface area contributed by atoms with E-state index in [1.807, 2.05) is 6.92 Å². The van der Waals surface area contributed by atoms with Crippen molar-refractivity contribution in [2.45, 2.75) is 19.8 Å². The second-order valence-corrected chi connectivity index (χ2v) is 6.12. The second kappa shape index (κ2) is 9.58. The van der Waals surface area contributed by atoms with E-state index in [0.717, 1.165) is 12.8 Å². The zero-order chi connectivity index (χ0) is 18.1. The summed E-state index contributed by atoms with van der Waals surface area (Å²) in [6.07, 6.45) is 1.78. The van der Waals surface area contributed by atoms with Gasteiger partial charge in [-0.15, -0.1) is 11.3 Å². The predicted molar refractivity (Wildman–Crippen MR) is 94.9 cm³/mol. The molecule has 2 aromatic rings. The summed E-state index contributed by atoms with van der Waals surface area (Å²) in [5, 5.41) is 4.35. The molecule has 7 heteroatoms. The number of hydrogen-bond donors (Lipinski definition) is 1. The maximum Gasteiger partial charge on any atom is 0.348 e. The van der Waals surface area contributed by atoms with Crippen molar-refractivity contribution in [3.05, 3.63) is 52.2 Å². The molecule has 6 nitrogen and oxygen atoms in total. The molecule has 0 saturated heterocycles. The van der Waals surface area contributed by atoms with Crippen LogP contribution < -0.4 is 5.32 Å². The average Bonchev–Trinajstić information content (AvgIpc) is 3.15. The van der Waals surface area contributed by atoms with E-state index in [9.17, 15) is 14.4 Å². The lowest BCUT2D eigenvalue weighted by Gasteiger charge is -2.07. The molecule has 132 valence electrons. The first-order valence-corrected chi connectivity index (χ1v) is 8.75. The molecule has 0 aliphatic carbocycles. The smallest absolute Gasteiger partial charge is 0.348 e. The lowest BCUT2D eigenvalue weighted by Crippen LogP contribution is -2.20. The maximum atomic E-state index is 11.8. The van der Waals surface area contributed by atoms with E-state index in [-0.39, 0.29) is 6.61 Å². The number of carbonyl (C=O) groups excluding carboxylic acids is 3. The van der Waals surface area contributed by atoms with Gasteiger partial charge in [0, 0.05) is 5.69 Å². The lowest BCUT2D eigenvalue weighted by molar-refractivity contribution is -0.119. The topological polar surface area (TPSA) is 81.7 Å². The maximum absolute atomic E-state index is 11.8. The monoisotopic (exact) mass is 361 g/mol. The zero-order valence-corrected chi connectivity index (χ0v) is 14.6. The standard InChI is InChI=1S/C18H19NO5S/c1-2-3-10-23-17(21)13-6-8-14(9-7-13)19-16(20)12-24-18(22)15-5-4-11-25-15/h4-9,11H,2-3,10,12H2,1H3,(H,19,20). The van der Waals surface area contributed by atoms with Gasteiger partial charge >= 0.3 is 11.9 Å². The summed E-state index contributed by atoms with van der Waals surface area (Å²) in [7, 11) is 0. The summed E-state index contributed by atoms with van der Waals surface area (Å²) in [5.74, 6) is -1.38. The van der Waals surface area contributed by atoms with Gasteiger partial charge in [0.05, 0.1) is 12.2 Å². The van der Waals surface area contributed by atoms with Gasteiger partial charge in [-0.25, -0.2) is 9.59 Å². The summed E-state index contributed by atoms with van der Waals surface area (Å²) in [5.41, 5.74) is 0.917. The minimum Gasteiger partial charge on any atom is -0.462 e. The fraction of sp³-hybridized carbons (Fsp3) is 0.278. The molecule has 1 heterocycles. The van der Waals surface area contributed by atoms with E-state index in [1.165, 1.54) is 11.3 Å². The summed E-state index contributed by atoms with van der Waals surface area (Å²) < 4.78 is 10.0. The van der Waals surface area contributed by atoms with Crippen molar-refractivity contribution in [3.8, 4) is 0 Å². The number of nitrogens with one attached hydrogen (secondary N) is 1. The van der Waals surface area contributed by atoms with Crippen LogP contribution >= 0.6 is 11.3 Å². The van der Waals surface area contributed by atoms with Crippen LogP contribution in [0, 0.1) is 0 Å². The van der Waals surface area contributed by atoms with E-state index in [1.54, 1.807) is 41.8 Å². The van der Waals surface area contributed by atoms with Gasteiger partial charge < -0.3 is 14.8 Å². The Morgan fingerprint density at radius 3 is 2.44 bits per heavy atom. The van der Waals surface area contributed by atoms with E-state index >= 15 is 0 Å². The molecular weight excluding hydrogens is 342 g/mol. The van der Waals surface area contributed by atoms with Crippen LogP contribution in [0.5, 0.6) is 0 Å². The molecule has 2 rings (SSSR count). The SMILES string of the molecule is CCCCOC(=O)c1ccc(NC(=O)COC(=O)c2cccs2)cc1. The average molecular weight is 361 g/mol. The molecule has 1 amide bonds. The van der Waals surface area contributed by atoms with Crippen molar-refractivity contribution in [2.75, 3.05) is 18.5 Å². The molecule has 0 fully saturated rings. The highest BCUT2D eigenvalue weighted by Crippen LogP contribution is 2.12. The predicted octanol–water partition coefficient (Wildman–Crippen LogP) is 3.50. The van der Waals surface area contributed by atoms with Crippen LogP contribution in [0.4, 0.5) is 5.69 Å². The second-order valence-electron chi connectivity index (χ2n) is 5.17. The number of carbonyl (C=O) groups is 3. The lowest BCUT2D eigenvalue weighted by atomic mass is 10.2. The first-order chi connectivity index (χ1) is 12.1. The summed E-state index contributed by atoms with van der Waals surface area (Å²) in [6.45, 7) is 2.03. The largest absolute Gasteiger partial charge is 0.462 e. The Hall–Kier alpha value is -2.67. The number of ether oxygens (including phenoxy) is 2. The summed E-state index contributed by atoms with van der Waals surface area (Å²) in [4.78, 5) is 35.7. The molecule has 0 aliphatic rings. The van der Waals surface area contributed by atoms with Gasteiger partial charge in [0.2, 0.25) is 0 Å². The third-order valence-corrected chi connectivity index (χ3v) is 4.04. The number of benzene rings is 1. The van der Waals surface area contributed by atoms with E-state index < -0.39 is 17.8 Å². The molecule has 1 aromatic heterocycles. The van der Waals surface area contributed by atoms with E-state index in [2.05, 4.69) is 5.32 Å². The van der Waals surface area contributed by atoms with Crippen LogP contribution in [-0.4, -0.2) is 31.1 Å². The van der Waals surface area contributed by atoms with Crippen molar-refractivity contribution in [2.24, 2.45) is 0 Å². The zero-order valence-electron chi connectivity index (χ0n) is 13.8. The normalized spacial score (nSPS) is 10.1. The number of hydrogen-bond acceptors (Lipinski definition) is 6. The highest BCUT2D eigenvalue weighted by Gasteiger charge is 2.12. The van der Waals surface area contributed by atoms with Gasteiger partial charge in [-0.3, -0.25) is 4.79 Å². The first-order valence-electron chi connectivity index (χ1n) is 7.88. The molecule has 0 unspecified atom stereocenters. The van der Waals surface area contributed by atoms with Gasteiger partial charge in [0.25, 0.3) is 5.91 Å². The number of thiophene rings is 1. The number of rotatable bonds is 8. The molecule has 1 N–H and O–H groups in total. The first kappa shape index (κ1) is 18.7. The Bertz CT molecular complexity index is 710. The van der Waals surface area contributed by atoms with Gasteiger partial charge in [0.1, 0.15) is 4.88 Å². The number of unbranched alkanes of at least 4 members (excludes halogenated alkanes) is 1. The fourth-order valence-corrected chi connectivity index (χ4v) is 2.49. The minimum absolute atomic E-state index is 0.377. The Labute approximate surface area is 149 Å². The summed E-state index contributed by atoms with van der Waals surface area (Å²) >= 11 is 1.25. The highest BCUT2D eigenvalue weighted by atomic mass is 32.1. The van der Waals surface area contributed by atoms with Crippen LogP contribution in [0.3, 0.4) is 0 Å². The Kier molecular flexibility index (Phi) is 7.16. The van der Waals surface area contributed by atoms with Crippen molar-refractivity contribution in [1.29, 1.82) is 0 Å². The third kappa shape index (κ3) is 6.04. The molecule has 1 aromatic carbocycles. The number of amides is 1. The van der Waals surface area contributed by atoms with Crippen molar-refractivity contribution in [3.63, 3.8) is 0 Å². The Balaban J connectivity index is 1.79. The molecule has 0 radical (unpaired) electrons. The van der Waals surface area contributed by atoms with Gasteiger partial charge in [-0.1, -0.05) is 19.4 Å². The highest BCUT2D eigenvalue weighted by molar-refractivity contribution is 7.11. The Morgan fingerprint density at radius 1 is 1.04 bits per heavy atom. The number of esters is 2. The van der Waals surface area contributed by atoms with Crippen LogP contribution in [-0.2, 0) is 14.3 Å². The van der Waals surface area contributed by atoms with Gasteiger partial charge in [-0.05, 0) is 42.1 Å². The van der Waals surface area contributed by atoms with Crippen LogP contribution in [0.25, 0.3) is 0 Å². The number of anilines is 1.